The summed E-state index contributed by atoms with van der Waals surface area (Å²) in [5, 5.41) is 2.61. The number of carbonyl (C=O) groups is 1. The molecule has 1 aromatic carbocycles. The van der Waals surface area contributed by atoms with E-state index in [0.29, 0.717) is 19.6 Å². The van der Waals surface area contributed by atoms with E-state index in [1.165, 1.54) is 23.0 Å². The second kappa shape index (κ2) is 8.01. The van der Waals surface area contributed by atoms with Gasteiger partial charge >= 0.3 is 0 Å². The number of benzene rings is 1. The van der Waals surface area contributed by atoms with Gasteiger partial charge in [0.25, 0.3) is 0 Å². The number of hydrogen-bond acceptors (Lipinski definition) is 3. The van der Waals surface area contributed by atoms with Gasteiger partial charge in [-0.05, 0) is 18.4 Å². The number of aryl methyl sites for hydroxylation is 1. The molecule has 5 nitrogen and oxygen atoms in total. The number of amides is 1. The van der Waals surface area contributed by atoms with E-state index in [2.05, 4.69) is 5.32 Å². The summed E-state index contributed by atoms with van der Waals surface area (Å²) in [6, 6.07) is 9.96. The van der Waals surface area contributed by atoms with Crippen molar-refractivity contribution in [2.24, 2.45) is 0 Å². The third kappa shape index (κ3) is 6.68. The van der Waals surface area contributed by atoms with Crippen molar-refractivity contribution in [3.63, 3.8) is 0 Å². The quantitative estimate of drug-likeness (QED) is 0.779. The van der Waals surface area contributed by atoms with E-state index in [4.69, 9.17) is 0 Å². The summed E-state index contributed by atoms with van der Waals surface area (Å²) in [6.07, 6.45) is 2.80. The second-order valence-corrected chi connectivity index (χ2v) is 6.72. The molecule has 6 heteroatoms. The predicted octanol–water partition coefficient (Wildman–Crippen LogP) is 1.02. The van der Waals surface area contributed by atoms with Gasteiger partial charge in [0.15, 0.2) is 0 Å². The number of hydrogen-bond donors (Lipinski definition) is 1. The minimum atomic E-state index is -3.24. The maximum Gasteiger partial charge on any atom is 0.216 e. The van der Waals surface area contributed by atoms with Crippen LogP contribution in [0.3, 0.4) is 0 Å². The van der Waals surface area contributed by atoms with Gasteiger partial charge in [0, 0.05) is 26.6 Å². The van der Waals surface area contributed by atoms with Gasteiger partial charge in [-0.1, -0.05) is 30.3 Å². The number of carbonyl (C=O) groups excluding carboxylic acids is 1. The standard InChI is InChI=1S/C14H22N2O3S/c1-13(17)15-10-12-16(20(2,18)19)11-6-9-14-7-4-3-5-8-14/h3-5,7-8H,6,9-12H2,1-2H3,(H,15,17). The molecule has 1 rings (SSSR count). The Hall–Kier alpha value is -1.40. The second-order valence-electron chi connectivity index (χ2n) is 4.73. The van der Waals surface area contributed by atoms with Crippen LogP contribution in [0.1, 0.15) is 18.9 Å². The van der Waals surface area contributed by atoms with Crippen molar-refractivity contribution >= 4 is 15.9 Å². The van der Waals surface area contributed by atoms with E-state index in [9.17, 15) is 13.2 Å². The number of nitrogens with one attached hydrogen (secondary N) is 1. The molecule has 0 saturated carbocycles. The lowest BCUT2D eigenvalue weighted by Gasteiger charge is -2.19. The molecule has 0 fully saturated rings. The normalized spacial score (nSPS) is 11.6. The average Bonchev–Trinajstić information content (AvgIpc) is 2.36. The summed E-state index contributed by atoms with van der Waals surface area (Å²) >= 11 is 0. The fraction of sp³-hybridized carbons (Fsp3) is 0.500. The van der Waals surface area contributed by atoms with Gasteiger partial charge in [0.1, 0.15) is 0 Å². The maximum atomic E-state index is 11.7. The average molecular weight is 298 g/mol. The van der Waals surface area contributed by atoms with E-state index in [0.717, 1.165) is 12.8 Å². The molecule has 0 heterocycles. The monoisotopic (exact) mass is 298 g/mol. The van der Waals surface area contributed by atoms with Crippen LogP contribution in [0, 0.1) is 0 Å². The summed E-state index contributed by atoms with van der Waals surface area (Å²) < 4.78 is 24.7. The molecule has 20 heavy (non-hydrogen) atoms. The van der Waals surface area contributed by atoms with Crippen LogP contribution in [-0.2, 0) is 21.2 Å². The Balaban J connectivity index is 2.43. The van der Waals surface area contributed by atoms with Crippen LogP contribution in [0.2, 0.25) is 0 Å². The smallest absolute Gasteiger partial charge is 0.216 e. The number of rotatable bonds is 8. The molecular formula is C14H22N2O3S. The summed E-state index contributed by atoms with van der Waals surface area (Å²) in [4.78, 5) is 10.8. The summed E-state index contributed by atoms with van der Waals surface area (Å²) in [7, 11) is -3.24. The zero-order chi connectivity index (χ0) is 15.0. The largest absolute Gasteiger partial charge is 0.355 e. The lowest BCUT2D eigenvalue weighted by molar-refractivity contribution is -0.118. The number of sulfonamides is 1. The van der Waals surface area contributed by atoms with E-state index >= 15 is 0 Å². The van der Waals surface area contributed by atoms with E-state index in [-0.39, 0.29) is 5.91 Å². The van der Waals surface area contributed by atoms with Crippen molar-refractivity contribution in [3.8, 4) is 0 Å². The van der Waals surface area contributed by atoms with Crippen LogP contribution in [0.25, 0.3) is 0 Å². The van der Waals surface area contributed by atoms with E-state index in [1.807, 2.05) is 30.3 Å². The Kier molecular flexibility index (Phi) is 6.67. The molecule has 0 atom stereocenters. The van der Waals surface area contributed by atoms with Gasteiger partial charge in [-0.2, -0.15) is 0 Å². The van der Waals surface area contributed by atoms with Crippen LogP contribution in [-0.4, -0.2) is 44.5 Å². The first-order chi connectivity index (χ1) is 9.39. The highest BCUT2D eigenvalue weighted by Crippen LogP contribution is 2.05. The third-order valence-corrected chi connectivity index (χ3v) is 4.22. The molecule has 0 spiro atoms. The van der Waals surface area contributed by atoms with Gasteiger partial charge in [-0.25, -0.2) is 12.7 Å². The van der Waals surface area contributed by atoms with Crippen LogP contribution in [0.15, 0.2) is 30.3 Å². The SMILES string of the molecule is CC(=O)NCCN(CCCc1ccccc1)S(C)(=O)=O. The molecule has 0 aliphatic carbocycles. The van der Waals surface area contributed by atoms with Crippen molar-refractivity contribution in [2.75, 3.05) is 25.9 Å². The summed E-state index contributed by atoms with van der Waals surface area (Å²) in [6.45, 7) is 2.54. The van der Waals surface area contributed by atoms with Crippen molar-refractivity contribution in [1.82, 2.24) is 9.62 Å². The molecule has 0 unspecified atom stereocenters. The summed E-state index contributed by atoms with van der Waals surface area (Å²) in [5.74, 6) is -0.150. The molecule has 1 amide bonds. The Morgan fingerprint density at radius 1 is 1.20 bits per heavy atom. The van der Waals surface area contributed by atoms with Crippen LogP contribution >= 0.6 is 0 Å². The predicted molar refractivity (Wildman–Crippen MR) is 79.9 cm³/mol. The third-order valence-electron chi connectivity index (χ3n) is 2.92. The van der Waals surface area contributed by atoms with Crippen LogP contribution < -0.4 is 5.32 Å². The molecular weight excluding hydrogens is 276 g/mol. The van der Waals surface area contributed by atoms with Gasteiger partial charge in [-0.3, -0.25) is 4.79 Å². The first-order valence-corrected chi connectivity index (χ1v) is 8.48. The van der Waals surface area contributed by atoms with Gasteiger partial charge in [0.05, 0.1) is 6.26 Å². The Bertz CT molecular complexity index is 514. The van der Waals surface area contributed by atoms with Gasteiger partial charge in [0.2, 0.25) is 15.9 Å². The minimum absolute atomic E-state index is 0.150. The Labute approximate surface area is 121 Å². The van der Waals surface area contributed by atoms with Gasteiger partial charge < -0.3 is 5.32 Å². The molecule has 0 aromatic heterocycles. The van der Waals surface area contributed by atoms with Crippen molar-refractivity contribution < 1.29 is 13.2 Å². The number of nitrogens with zero attached hydrogens (tertiary/aromatic N) is 1. The van der Waals surface area contributed by atoms with Crippen LogP contribution in [0.4, 0.5) is 0 Å². The first kappa shape index (κ1) is 16.7. The topological polar surface area (TPSA) is 66.5 Å². The highest BCUT2D eigenvalue weighted by Gasteiger charge is 2.15. The molecule has 0 bridgehead atoms. The minimum Gasteiger partial charge on any atom is -0.355 e. The van der Waals surface area contributed by atoms with Gasteiger partial charge in [-0.15, -0.1) is 0 Å². The molecule has 0 radical (unpaired) electrons. The lowest BCUT2D eigenvalue weighted by Crippen LogP contribution is -2.38. The maximum absolute atomic E-state index is 11.7. The highest BCUT2D eigenvalue weighted by molar-refractivity contribution is 7.88. The summed E-state index contributed by atoms with van der Waals surface area (Å²) in [5.41, 5.74) is 1.20. The zero-order valence-corrected chi connectivity index (χ0v) is 12.8. The van der Waals surface area contributed by atoms with E-state index in [1.54, 1.807) is 0 Å². The molecule has 0 aliphatic rings. The van der Waals surface area contributed by atoms with E-state index < -0.39 is 10.0 Å². The van der Waals surface area contributed by atoms with Crippen LogP contribution in [0.5, 0.6) is 0 Å². The fourth-order valence-corrected chi connectivity index (χ4v) is 2.79. The molecule has 0 saturated heterocycles. The zero-order valence-electron chi connectivity index (χ0n) is 12.0. The Morgan fingerprint density at radius 2 is 1.85 bits per heavy atom. The fourth-order valence-electron chi connectivity index (χ4n) is 1.90. The molecule has 0 aliphatic heterocycles. The molecule has 1 aromatic rings. The van der Waals surface area contributed by atoms with Crippen molar-refractivity contribution in [1.29, 1.82) is 0 Å². The first-order valence-electron chi connectivity index (χ1n) is 6.63. The molecule has 112 valence electrons. The Morgan fingerprint density at radius 3 is 2.40 bits per heavy atom. The molecule has 1 N–H and O–H groups in total. The lowest BCUT2D eigenvalue weighted by atomic mass is 10.1. The van der Waals surface area contributed by atoms with Crippen molar-refractivity contribution in [3.05, 3.63) is 35.9 Å². The highest BCUT2D eigenvalue weighted by atomic mass is 32.2. The van der Waals surface area contributed by atoms with Crippen molar-refractivity contribution in [2.45, 2.75) is 19.8 Å².